The molecule has 3 atom stereocenters. The average molecular weight is 595 g/mol. The highest BCUT2D eigenvalue weighted by atomic mass is 32.2. The van der Waals surface area contributed by atoms with Gasteiger partial charge in [0.25, 0.3) is 10.0 Å². The number of hydrogen-bond donors (Lipinski definition) is 3. The molecule has 4 rings (SSSR count). The van der Waals surface area contributed by atoms with Gasteiger partial charge in [0.05, 0.1) is 30.5 Å². The van der Waals surface area contributed by atoms with E-state index >= 15 is 0 Å². The van der Waals surface area contributed by atoms with Crippen LogP contribution < -0.4 is 14.8 Å². The molecular weight excluding hydrogens is 556 g/mol. The maximum absolute atomic E-state index is 13.5. The second-order valence-electron chi connectivity index (χ2n) is 10.8. The highest BCUT2D eigenvalue weighted by molar-refractivity contribution is 7.92. The number of nitrogens with zero attached hydrogens (tertiary/aromatic N) is 2. The fourth-order valence-electron chi connectivity index (χ4n) is 4.74. The van der Waals surface area contributed by atoms with Crippen LogP contribution >= 0.6 is 0 Å². The van der Waals surface area contributed by atoms with Gasteiger partial charge in [0, 0.05) is 36.4 Å². The topological polar surface area (TPSA) is 128 Å². The van der Waals surface area contributed by atoms with Crippen molar-refractivity contribution in [2.45, 2.75) is 44.2 Å². The van der Waals surface area contributed by atoms with E-state index in [9.17, 15) is 23.1 Å². The van der Waals surface area contributed by atoms with Crippen LogP contribution in [0.25, 0.3) is 0 Å². The molecule has 3 amide bonds. The number of anilines is 2. The summed E-state index contributed by atoms with van der Waals surface area (Å²) in [5, 5.41) is 12.7. The number of amides is 3. The minimum Gasteiger partial charge on any atom is -0.488 e. The Balaban J connectivity index is 1.62. The number of benzene rings is 3. The van der Waals surface area contributed by atoms with E-state index in [2.05, 4.69) is 10.0 Å². The summed E-state index contributed by atoms with van der Waals surface area (Å²) in [5.41, 5.74) is 2.39. The number of likely N-dealkylation sites (N-methyl/N-ethyl adjacent to an activating group) is 1. The highest BCUT2D eigenvalue weighted by Gasteiger charge is 2.32. The number of aryl methyl sites for hydroxylation is 1. The lowest BCUT2D eigenvalue weighted by molar-refractivity contribution is -0.134. The van der Waals surface area contributed by atoms with Crippen LogP contribution in [0.5, 0.6) is 5.75 Å². The molecule has 42 heavy (non-hydrogen) atoms. The minimum atomic E-state index is -3.86. The van der Waals surface area contributed by atoms with E-state index in [-0.39, 0.29) is 48.0 Å². The molecule has 0 aromatic heterocycles. The zero-order chi connectivity index (χ0) is 30.4. The molecule has 0 saturated heterocycles. The molecular formula is C31H38N4O6S. The first-order valence-corrected chi connectivity index (χ1v) is 15.3. The van der Waals surface area contributed by atoms with Crippen LogP contribution in [0.2, 0.25) is 0 Å². The Kier molecular flexibility index (Phi) is 9.74. The fourth-order valence-corrected chi connectivity index (χ4v) is 5.79. The monoisotopic (exact) mass is 594 g/mol. The van der Waals surface area contributed by atoms with Gasteiger partial charge in [-0.15, -0.1) is 0 Å². The molecule has 224 valence electrons. The van der Waals surface area contributed by atoms with E-state index in [0.717, 1.165) is 5.56 Å². The zero-order valence-corrected chi connectivity index (χ0v) is 25.1. The molecule has 0 saturated carbocycles. The summed E-state index contributed by atoms with van der Waals surface area (Å²) in [6.45, 7) is 5.89. The molecule has 1 heterocycles. The summed E-state index contributed by atoms with van der Waals surface area (Å²) in [4.78, 5) is 29.7. The van der Waals surface area contributed by atoms with Crippen molar-refractivity contribution in [1.82, 2.24) is 9.80 Å². The van der Waals surface area contributed by atoms with Gasteiger partial charge in [-0.2, -0.15) is 0 Å². The molecule has 0 aliphatic carbocycles. The predicted octanol–water partition coefficient (Wildman–Crippen LogP) is 4.11. The molecule has 3 aromatic rings. The van der Waals surface area contributed by atoms with Gasteiger partial charge in [-0.25, -0.2) is 13.2 Å². The highest BCUT2D eigenvalue weighted by Crippen LogP contribution is 2.30. The maximum atomic E-state index is 13.5. The van der Waals surface area contributed by atoms with Crippen LogP contribution in [0.4, 0.5) is 16.2 Å². The molecule has 3 aromatic carbocycles. The molecule has 0 radical (unpaired) electrons. The molecule has 0 bridgehead atoms. The first-order valence-electron chi connectivity index (χ1n) is 13.8. The molecule has 0 fully saturated rings. The van der Waals surface area contributed by atoms with Crippen molar-refractivity contribution < 1.29 is 27.9 Å². The summed E-state index contributed by atoms with van der Waals surface area (Å²) in [6.07, 6.45) is -0.562. The molecule has 0 spiro atoms. The number of aliphatic hydroxyl groups is 1. The second-order valence-corrected chi connectivity index (χ2v) is 12.5. The Labute approximate surface area is 247 Å². The number of ether oxygens (including phenoxy) is 1. The van der Waals surface area contributed by atoms with E-state index in [1.165, 1.54) is 17.0 Å². The number of carbonyl (C=O) groups excluding carboxylic acids is 2. The maximum Gasteiger partial charge on any atom is 0.321 e. The molecule has 0 unspecified atom stereocenters. The van der Waals surface area contributed by atoms with Gasteiger partial charge in [-0.05, 0) is 56.3 Å². The minimum absolute atomic E-state index is 0.0520. The number of para-hydroxylation sites is 1. The third-order valence-electron chi connectivity index (χ3n) is 7.33. The van der Waals surface area contributed by atoms with Crippen LogP contribution in [0, 0.1) is 12.8 Å². The van der Waals surface area contributed by atoms with Crippen LogP contribution in [-0.2, 0) is 21.2 Å². The number of sulfonamides is 1. The Morgan fingerprint density at radius 2 is 1.79 bits per heavy atom. The fraction of sp³-hybridized carbons (Fsp3) is 0.355. The van der Waals surface area contributed by atoms with Crippen LogP contribution in [0.1, 0.15) is 25.0 Å². The molecule has 1 aliphatic rings. The van der Waals surface area contributed by atoms with Crippen LogP contribution in [-0.4, -0.2) is 74.2 Å². The molecule has 3 N–H and O–H groups in total. The van der Waals surface area contributed by atoms with Gasteiger partial charge in [-0.1, -0.05) is 42.8 Å². The van der Waals surface area contributed by atoms with Crippen LogP contribution in [0.15, 0.2) is 77.7 Å². The van der Waals surface area contributed by atoms with Crippen molar-refractivity contribution in [1.29, 1.82) is 0 Å². The van der Waals surface area contributed by atoms with Gasteiger partial charge in [0.1, 0.15) is 11.9 Å². The van der Waals surface area contributed by atoms with Crippen molar-refractivity contribution >= 4 is 33.3 Å². The van der Waals surface area contributed by atoms with E-state index < -0.39 is 22.2 Å². The summed E-state index contributed by atoms with van der Waals surface area (Å²) in [7, 11) is -2.19. The Hall–Kier alpha value is -4.09. The number of urea groups is 1. The number of rotatable bonds is 8. The largest absolute Gasteiger partial charge is 0.488 e. The van der Waals surface area contributed by atoms with Gasteiger partial charge in [-0.3, -0.25) is 9.52 Å². The third-order valence-corrected chi connectivity index (χ3v) is 8.72. The van der Waals surface area contributed by atoms with E-state index in [1.54, 1.807) is 61.3 Å². The van der Waals surface area contributed by atoms with Crippen LogP contribution in [0.3, 0.4) is 0 Å². The summed E-state index contributed by atoms with van der Waals surface area (Å²) in [5.74, 6) is -0.00272. The number of hydrogen-bond acceptors (Lipinski definition) is 6. The lowest BCUT2D eigenvalue weighted by Crippen LogP contribution is -2.48. The van der Waals surface area contributed by atoms with Crippen molar-refractivity contribution in [3.05, 3.63) is 83.9 Å². The molecule has 11 heteroatoms. The number of carbonyl (C=O) groups is 2. The lowest BCUT2D eigenvalue weighted by Gasteiger charge is -2.34. The Morgan fingerprint density at radius 1 is 1.10 bits per heavy atom. The van der Waals surface area contributed by atoms with Gasteiger partial charge in [0.2, 0.25) is 5.91 Å². The van der Waals surface area contributed by atoms with Crippen molar-refractivity contribution in [3.63, 3.8) is 0 Å². The predicted molar refractivity (Wildman–Crippen MR) is 162 cm³/mol. The summed E-state index contributed by atoms with van der Waals surface area (Å²) >= 11 is 0. The van der Waals surface area contributed by atoms with Crippen molar-refractivity contribution in [2.24, 2.45) is 5.92 Å². The average Bonchev–Trinajstić information content (AvgIpc) is 3.00. The summed E-state index contributed by atoms with van der Waals surface area (Å²) in [6, 6.07) is 19.7. The first-order chi connectivity index (χ1) is 20.0. The lowest BCUT2D eigenvalue weighted by atomic mass is 10.0. The van der Waals surface area contributed by atoms with E-state index in [4.69, 9.17) is 4.74 Å². The number of fused-ring (bicyclic) bond motifs is 1. The number of aliphatic hydroxyl groups excluding tert-OH is 1. The standard InChI is InChI=1S/C31H38N4O6S/c1-21-10-13-27(14-11-21)42(39,40)33-26-12-15-28-24(16-26)17-30(37)35(23(3)20-36)18-22(2)29(41-28)19-34(4)31(38)32-25-8-6-5-7-9-25/h5-16,22-23,29,33,36H,17-20H2,1-4H3,(H,32,38)/t22-,23+,29-/m1/s1. The molecule has 10 nitrogen and oxygen atoms in total. The third kappa shape index (κ3) is 7.59. The summed E-state index contributed by atoms with van der Waals surface area (Å²) < 4.78 is 35.1. The number of nitrogens with one attached hydrogen (secondary N) is 2. The SMILES string of the molecule is Cc1ccc(S(=O)(=O)Nc2ccc3c(c2)CC(=O)N([C@@H](C)CO)C[C@@H](C)[C@@H](CN(C)C(=O)Nc2ccccc2)O3)cc1. The Morgan fingerprint density at radius 3 is 2.45 bits per heavy atom. The quantitative estimate of drug-likeness (QED) is 0.360. The second kappa shape index (κ2) is 13.3. The molecule has 1 aliphatic heterocycles. The van der Waals surface area contributed by atoms with Gasteiger partial charge >= 0.3 is 6.03 Å². The normalized spacial score (nSPS) is 18.0. The van der Waals surface area contributed by atoms with Crippen molar-refractivity contribution in [3.8, 4) is 5.75 Å². The van der Waals surface area contributed by atoms with E-state index in [1.807, 2.05) is 32.0 Å². The zero-order valence-electron chi connectivity index (χ0n) is 24.3. The van der Waals surface area contributed by atoms with Gasteiger partial charge in [0.15, 0.2) is 0 Å². The smallest absolute Gasteiger partial charge is 0.321 e. The van der Waals surface area contributed by atoms with E-state index in [0.29, 0.717) is 23.5 Å². The van der Waals surface area contributed by atoms with Gasteiger partial charge < -0.3 is 25.0 Å². The Bertz CT molecular complexity index is 1500. The first kappa shape index (κ1) is 30.9. The van der Waals surface area contributed by atoms with Crippen molar-refractivity contribution in [2.75, 3.05) is 36.8 Å².